The normalized spacial score (nSPS) is 22.1. The van der Waals surface area contributed by atoms with Crippen molar-refractivity contribution in [3.05, 3.63) is 34.6 Å². The van der Waals surface area contributed by atoms with Gasteiger partial charge in [-0.2, -0.15) is 13.2 Å². The molecule has 1 aliphatic rings. The van der Waals surface area contributed by atoms with Crippen molar-refractivity contribution in [3.8, 4) is 0 Å². The summed E-state index contributed by atoms with van der Waals surface area (Å²) in [5.74, 6) is -0.911. The molecule has 0 saturated carbocycles. The standard InChI is InChI=1S/C12H13ClF3N5O/c13-9-1-5(12(14,15)16)2-10(20-9)21-11(22)8-3-6(17)7(18)4-19-8/h1-3,7-8,19H,4,17-18H2,(H,20,21,22). The summed E-state index contributed by atoms with van der Waals surface area (Å²) in [6, 6.07) is 0.151. The zero-order chi connectivity index (χ0) is 16.5. The van der Waals surface area contributed by atoms with Gasteiger partial charge in [0.2, 0.25) is 5.91 Å². The van der Waals surface area contributed by atoms with Crippen LogP contribution >= 0.6 is 11.6 Å². The first-order valence-corrected chi connectivity index (χ1v) is 6.56. The molecule has 0 aromatic carbocycles. The number of alkyl halides is 3. The first-order valence-electron chi connectivity index (χ1n) is 6.18. The van der Waals surface area contributed by atoms with E-state index in [4.69, 9.17) is 23.1 Å². The van der Waals surface area contributed by atoms with Gasteiger partial charge < -0.3 is 22.1 Å². The van der Waals surface area contributed by atoms with Crippen LogP contribution in [0.2, 0.25) is 5.15 Å². The quantitative estimate of drug-likeness (QED) is 0.599. The van der Waals surface area contributed by atoms with Gasteiger partial charge in [-0.05, 0) is 18.2 Å². The molecule has 1 aliphatic heterocycles. The predicted octanol–water partition coefficient (Wildman–Crippen LogP) is 0.834. The van der Waals surface area contributed by atoms with Gasteiger partial charge in [0.05, 0.1) is 11.6 Å². The monoisotopic (exact) mass is 335 g/mol. The summed E-state index contributed by atoms with van der Waals surface area (Å²) in [6.07, 6.45) is -3.19. The number of amides is 1. The summed E-state index contributed by atoms with van der Waals surface area (Å²) < 4.78 is 38.0. The minimum absolute atomic E-state index is 0.275. The minimum atomic E-state index is -4.59. The molecule has 2 unspecified atom stereocenters. The fourth-order valence-electron chi connectivity index (χ4n) is 1.84. The van der Waals surface area contributed by atoms with Crippen LogP contribution in [0.4, 0.5) is 19.0 Å². The van der Waals surface area contributed by atoms with E-state index in [-0.39, 0.29) is 17.5 Å². The van der Waals surface area contributed by atoms with Gasteiger partial charge in [0.15, 0.2) is 0 Å². The van der Waals surface area contributed by atoms with Gasteiger partial charge in [-0.1, -0.05) is 11.6 Å². The molecule has 22 heavy (non-hydrogen) atoms. The molecule has 1 aromatic heterocycles. The Kier molecular flexibility index (Phi) is 4.59. The Balaban J connectivity index is 2.17. The number of hydrogen-bond donors (Lipinski definition) is 4. The van der Waals surface area contributed by atoms with Gasteiger partial charge >= 0.3 is 6.18 Å². The van der Waals surface area contributed by atoms with E-state index in [9.17, 15) is 18.0 Å². The highest BCUT2D eigenvalue weighted by Gasteiger charge is 2.32. The first kappa shape index (κ1) is 16.5. The van der Waals surface area contributed by atoms with Crippen LogP contribution in [-0.4, -0.2) is 29.5 Å². The highest BCUT2D eigenvalue weighted by atomic mass is 35.5. The summed E-state index contributed by atoms with van der Waals surface area (Å²) in [6.45, 7) is 0.275. The van der Waals surface area contributed by atoms with Crippen LogP contribution in [0.1, 0.15) is 5.56 Å². The second-order valence-electron chi connectivity index (χ2n) is 4.71. The molecule has 6 N–H and O–H groups in total. The predicted molar refractivity (Wildman–Crippen MR) is 74.9 cm³/mol. The van der Waals surface area contributed by atoms with Gasteiger partial charge in [0.25, 0.3) is 0 Å². The number of hydrogen-bond acceptors (Lipinski definition) is 5. The molecule has 0 radical (unpaired) electrons. The van der Waals surface area contributed by atoms with Gasteiger partial charge in [0.1, 0.15) is 17.0 Å². The van der Waals surface area contributed by atoms with E-state index in [2.05, 4.69) is 15.6 Å². The van der Waals surface area contributed by atoms with E-state index < -0.39 is 29.7 Å². The van der Waals surface area contributed by atoms with Crippen molar-refractivity contribution in [1.82, 2.24) is 10.3 Å². The summed E-state index contributed by atoms with van der Waals surface area (Å²) >= 11 is 5.54. The van der Waals surface area contributed by atoms with Crippen LogP contribution in [0.15, 0.2) is 23.9 Å². The number of carbonyl (C=O) groups excluding carboxylic acids is 1. The molecular weight excluding hydrogens is 323 g/mol. The molecule has 10 heteroatoms. The average Bonchev–Trinajstić information content (AvgIpc) is 2.40. The maximum absolute atomic E-state index is 12.7. The zero-order valence-corrected chi connectivity index (χ0v) is 11.9. The van der Waals surface area contributed by atoms with E-state index >= 15 is 0 Å². The smallest absolute Gasteiger partial charge is 0.401 e. The van der Waals surface area contributed by atoms with E-state index in [0.717, 1.165) is 0 Å². The van der Waals surface area contributed by atoms with Crippen molar-refractivity contribution < 1.29 is 18.0 Å². The van der Waals surface area contributed by atoms with Gasteiger partial charge in [0, 0.05) is 12.2 Å². The van der Waals surface area contributed by atoms with Crippen LogP contribution in [0.3, 0.4) is 0 Å². The number of anilines is 1. The molecule has 1 aromatic rings. The fraction of sp³-hybridized carbons (Fsp3) is 0.333. The van der Waals surface area contributed by atoms with Crippen molar-refractivity contribution in [2.24, 2.45) is 11.5 Å². The van der Waals surface area contributed by atoms with Crippen molar-refractivity contribution in [1.29, 1.82) is 0 Å². The minimum Gasteiger partial charge on any atom is -0.401 e. The lowest BCUT2D eigenvalue weighted by Crippen LogP contribution is -2.51. The van der Waals surface area contributed by atoms with E-state index in [1.165, 1.54) is 6.08 Å². The number of rotatable bonds is 2. The molecular formula is C12H13ClF3N5O. The third-order valence-corrected chi connectivity index (χ3v) is 3.19. The summed E-state index contributed by atoms with van der Waals surface area (Å²) in [5, 5.41) is 4.69. The maximum atomic E-state index is 12.7. The fourth-order valence-corrected chi connectivity index (χ4v) is 2.05. The number of nitrogens with one attached hydrogen (secondary N) is 2. The van der Waals surface area contributed by atoms with Crippen LogP contribution in [0, 0.1) is 0 Å². The average molecular weight is 336 g/mol. The van der Waals surface area contributed by atoms with Crippen molar-refractivity contribution in [2.45, 2.75) is 18.3 Å². The van der Waals surface area contributed by atoms with E-state index in [1.807, 2.05) is 0 Å². The number of pyridine rings is 1. The largest absolute Gasteiger partial charge is 0.416 e. The first-order chi connectivity index (χ1) is 10.2. The molecule has 2 rings (SSSR count). The molecule has 2 atom stereocenters. The molecule has 1 amide bonds. The third-order valence-electron chi connectivity index (χ3n) is 3.00. The van der Waals surface area contributed by atoms with Gasteiger partial charge in [-0.15, -0.1) is 0 Å². The van der Waals surface area contributed by atoms with Gasteiger partial charge in [-0.25, -0.2) is 4.98 Å². The van der Waals surface area contributed by atoms with Crippen LogP contribution < -0.4 is 22.1 Å². The number of halogens is 4. The molecule has 0 spiro atoms. The Bertz CT molecular complexity index is 619. The Labute approximate surface area is 128 Å². The van der Waals surface area contributed by atoms with Gasteiger partial charge in [-0.3, -0.25) is 4.79 Å². The van der Waals surface area contributed by atoms with Crippen molar-refractivity contribution in [3.63, 3.8) is 0 Å². The Morgan fingerprint density at radius 3 is 2.73 bits per heavy atom. The highest BCUT2D eigenvalue weighted by molar-refractivity contribution is 6.29. The number of carbonyl (C=O) groups is 1. The highest BCUT2D eigenvalue weighted by Crippen LogP contribution is 2.31. The lowest BCUT2D eigenvalue weighted by Gasteiger charge is -2.24. The summed E-state index contributed by atoms with van der Waals surface area (Å²) in [4.78, 5) is 15.7. The molecule has 2 heterocycles. The van der Waals surface area contributed by atoms with Crippen LogP contribution in [0.5, 0.6) is 0 Å². The molecule has 0 saturated heterocycles. The molecule has 6 nitrogen and oxygen atoms in total. The Morgan fingerprint density at radius 2 is 2.14 bits per heavy atom. The number of nitrogens with zero attached hydrogens (tertiary/aromatic N) is 1. The second-order valence-corrected chi connectivity index (χ2v) is 5.10. The molecule has 120 valence electrons. The Morgan fingerprint density at radius 1 is 1.45 bits per heavy atom. The third kappa shape index (κ3) is 3.87. The SMILES string of the molecule is NC1=CC(C(=O)Nc2cc(C(F)(F)F)cc(Cl)n2)NCC1N. The summed E-state index contributed by atoms with van der Waals surface area (Å²) in [7, 11) is 0. The van der Waals surface area contributed by atoms with Crippen molar-refractivity contribution >= 4 is 23.3 Å². The van der Waals surface area contributed by atoms with E-state index in [0.29, 0.717) is 17.8 Å². The van der Waals surface area contributed by atoms with Crippen LogP contribution in [0.25, 0.3) is 0 Å². The lowest BCUT2D eigenvalue weighted by molar-refractivity contribution is -0.137. The second kappa shape index (κ2) is 6.11. The zero-order valence-electron chi connectivity index (χ0n) is 11.1. The molecule has 0 aliphatic carbocycles. The van der Waals surface area contributed by atoms with E-state index in [1.54, 1.807) is 0 Å². The maximum Gasteiger partial charge on any atom is 0.416 e. The number of aromatic nitrogens is 1. The summed E-state index contributed by atoms with van der Waals surface area (Å²) in [5.41, 5.74) is 10.6. The molecule has 0 fully saturated rings. The van der Waals surface area contributed by atoms with Crippen molar-refractivity contribution in [2.75, 3.05) is 11.9 Å². The Hall–Kier alpha value is -1.84. The molecule has 0 bridgehead atoms. The number of nitrogens with two attached hydrogens (primary N) is 2. The topological polar surface area (TPSA) is 106 Å². The lowest BCUT2D eigenvalue weighted by atomic mass is 10.1. The van der Waals surface area contributed by atoms with Crippen LogP contribution in [-0.2, 0) is 11.0 Å².